The minimum Gasteiger partial charge on any atom is -0.457 e. The second-order valence-electron chi connectivity index (χ2n) is 7.75. The molecule has 0 aliphatic carbocycles. The third-order valence-corrected chi connectivity index (χ3v) is 6.11. The Kier molecular flexibility index (Phi) is 7.13. The molecule has 3 aromatic rings. The van der Waals surface area contributed by atoms with Crippen LogP contribution in [0.4, 0.5) is 5.69 Å². The van der Waals surface area contributed by atoms with Gasteiger partial charge in [-0.3, -0.25) is 9.69 Å². The van der Waals surface area contributed by atoms with Crippen molar-refractivity contribution in [1.82, 2.24) is 4.90 Å². The molecular formula is C25H24Cl2N2O2. The Morgan fingerprint density at radius 1 is 0.968 bits per heavy atom. The fraction of sp³-hybridized carbons (Fsp3) is 0.240. The zero-order valence-corrected chi connectivity index (χ0v) is 18.6. The first kappa shape index (κ1) is 21.7. The van der Waals surface area contributed by atoms with Gasteiger partial charge in [0.15, 0.2) is 0 Å². The van der Waals surface area contributed by atoms with Crippen LogP contribution in [0.5, 0.6) is 11.5 Å². The van der Waals surface area contributed by atoms with E-state index in [1.807, 2.05) is 72.8 Å². The maximum absolute atomic E-state index is 12.8. The molecule has 31 heavy (non-hydrogen) atoms. The highest BCUT2D eigenvalue weighted by molar-refractivity contribution is 6.42. The summed E-state index contributed by atoms with van der Waals surface area (Å²) < 4.78 is 5.80. The summed E-state index contributed by atoms with van der Waals surface area (Å²) in [4.78, 5) is 15.1. The number of benzene rings is 3. The third-order valence-electron chi connectivity index (χ3n) is 5.37. The molecule has 1 N–H and O–H groups in total. The highest BCUT2D eigenvalue weighted by atomic mass is 35.5. The number of hydrogen-bond acceptors (Lipinski definition) is 3. The normalized spacial score (nSPS) is 16.6. The van der Waals surface area contributed by atoms with E-state index in [2.05, 4.69) is 10.2 Å². The van der Waals surface area contributed by atoms with Gasteiger partial charge in [-0.25, -0.2) is 0 Å². The summed E-state index contributed by atoms with van der Waals surface area (Å²) in [6, 6.07) is 22.8. The smallest absolute Gasteiger partial charge is 0.228 e. The highest BCUT2D eigenvalue weighted by Crippen LogP contribution is 2.26. The van der Waals surface area contributed by atoms with E-state index in [9.17, 15) is 4.79 Å². The fourth-order valence-electron chi connectivity index (χ4n) is 3.78. The number of rotatable bonds is 6. The van der Waals surface area contributed by atoms with Gasteiger partial charge in [0.05, 0.1) is 16.0 Å². The Balaban J connectivity index is 1.32. The van der Waals surface area contributed by atoms with Crippen LogP contribution >= 0.6 is 23.2 Å². The summed E-state index contributed by atoms with van der Waals surface area (Å²) in [5.74, 6) is 1.52. The number of hydrogen-bond donors (Lipinski definition) is 1. The van der Waals surface area contributed by atoms with E-state index in [0.717, 1.165) is 55.2 Å². The molecule has 4 rings (SSSR count). The van der Waals surface area contributed by atoms with Gasteiger partial charge >= 0.3 is 0 Å². The molecule has 1 aliphatic rings. The molecule has 4 nitrogen and oxygen atoms in total. The molecule has 1 atom stereocenters. The van der Waals surface area contributed by atoms with Gasteiger partial charge in [-0.05, 0) is 73.5 Å². The van der Waals surface area contributed by atoms with Crippen LogP contribution < -0.4 is 10.1 Å². The number of nitrogens with zero attached hydrogens (tertiary/aromatic N) is 1. The Labute approximate surface area is 192 Å². The van der Waals surface area contributed by atoms with Gasteiger partial charge in [-0.2, -0.15) is 0 Å². The minimum absolute atomic E-state index is 0.0447. The lowest BCUT2D eigenvalue weighted by molar-refractivity contribution is -0.121. The van der Waals surface area contributed by atoms with Crippen molar-refractivity contribution in [3.05, 3.63) is 88.4 Å². The fourth-order valence-corrected chi connectivity index (χ4v) is 4.11. The lowest BCUT2D eigenvalue weighted by Gasteiger charge is -2.32. The van der Waals surface area contributed by atoms with Crippen LogP contribution in [-0.4, -0.2) is 23.9 Å². The Hall–Kier alpha value is -2.53. The van der Waals surface area contributed by atoms with E-state index in [1.165, 1.54) is 0 Å². The molecule has 6 heteroatoms. The Bertz CT molecular complexity index is 1030. The van der Waals surface area contributed by atoms with E-state index in [0.29, 0.717) is 10.0 Å². The van der Waals surface area contributed by atoms with Gasteiger partial charge < -0.3 is 10.1 Å². The zero-order valence-electron chi connectivity index (χ0n) is 17.1. The van der Waals surface area contributed by atoms with Gasteiger partial charge in [0.2, 0.25) is 5.91 Å². The van der Waals surface area contributed by atoms with E-state index in [4.69, 9.17) is 27.9 Å². The highest BCUT2D eigenvalue weighted by Gasteiger charge is 2.26. The molecule has 1 amide bonds. The van der Waals surface area contributed by atoms with Gasteiger partial charge in [-0.1, -0.05) is 47.5 Å². The van der Waals surface area contributed by atoms with Gasteiger partial charge in [0.1, 0.15) is 11.5 Å². The monoisotopic (exact) mass is 454 g/mol. The van der Waals surface area contributed by atoms with Crippen LogP contribution in [0.2, 0.25) is 10.0 Å². The minimum atomic E-state index is -0.0447. The molecule has 1 aliphatic heterocycles. The molecule has 160 valence electrons. The van der Waals surface area contributed by atoms with E-state index in [1.54, 1.807) is 0 Å². The van der Waals surface area contributed by atoms with Crippen molar-refractivity contribution in [3.8, 4) is 11.5 Å². The van der Waals surface area contributed by atoms with Crippen molar-refractivity contribution in [2.24, 2.45) is 5.92 Å². The van der Waals surface area contributed by atoms with E-state index in [-0.39, 0.29) is 11.8 Å². The summed E-state index contributed by atoms with van der Waals surface area (Å²) in [6.07, 6.45) is 1.88. The largest absolute Gasteiger partial charge is 0.457 e. The lowest BCUT2D eigenvalue weighted by atomic mass is 9.96. The maximum Gasteiger partial charge on any atom is 0.228 e. The van der Waals surface area contributed by atoms with Crippen LogP contribution in [0, 0.1) is 5.92 Å². The molecule has 0 bridgehead atoms. The summed E-state index contributed by atoms with van der Waals surface area (Å²) in [5.41, 5.74) is 1.87. The van der Waals surface area contributed by atoms with Crippen LogP contribution in [0.25, 0.3) is 0 Å². The number of carbonyl (C=O) groups is 1. The van der Waals surface area contributed by atoms with Crippen LogP contribution in [0.15, 0.2) is 72.8 Å². The van der Waals surface area contributed by atoms with Crippen molar-refractivity contribution in [1.29, 1.82) is 0 Å². The predicted octanol–water partition coefficient (Wildman–Crippen LogP) is 6.64. The molecule has 1 heterocycles. The SMILES string of the molecule is O=C(Nc1ccc(Oc2ccccc2)cc1)C1CCCN(Cc2ccc(Cl)c(Cl)c2)C1. The number of ether oxygens (including phenoxy) is 1. The lowest BCUT2D eigenvalue weighted by Crippen LogP contribution is -2.40. The average molecular weight is 455 g/mol. The number of para-hydroxylation sites is 1. The summed E-state index contributed by atoms with van der Waals surface area (Å²) in [7, 11) is 0. The van der Waals surface area contributed by atoms with Crippen molar-refractivity contribution in [2.45, 2.75) is 19.4 Å². The third kappa shape index (κ3) is 6.01. The topological polar surface area (TPSA) is 41.6 Å². The molecule has 0 spiro atoms. The Morgan fingerprint density at radius 3 is 2.45 bits per heavy atom. The molecule has 0 aromatic heterocycles. The number of carbonyl (C=O) groups excluding carboxylic acids is 1. The second kappa shape index (κ2) is 10.2. The first-order valence-electron chi connectivity index (χ1n) is 10.4. The molecule has 1 unspecified atom stereocenters. The molecule has 3 aromatic carbocycles. The number of likely N-dealkylation sites (tertiary alicyclic amines) is 1. The van der Waals surface area contributed by atoms with E-state index >= 15 is 0 Å². The maximum atomic E-state index is 12.8. The van der Waals surface area contributed by atoms with Crippen molar-refractivity contribution in [3.63, 3.8) is 0 Å². The summed E-state index contributed by atoms with van der Waals surface area (Å²) in [6.45, 7) is 2.45. The molecule has 0 radical (unpaired) electrons. The van der Waals surface area contributed by atoms with Gasteiger partial charge in [0, 0.05) is 18.8 Å². The second-order valence-corrected chi connectivity index (χ2v) is 8.57. The van der Waals surface area contributed by atoms with Gasteiger partial charge in [-0.15, -0.1) is 0 Å². The van der Waals surface area contributed by atoms with Crippen molar-refractivity contribution < 1.29 is 9.53 Å². The number of anilines is 1. The molecule has 1 saturated heterocycles. The number of nitrogens with one attached hydrogen (secondary N) is 1. The molecular weight excluding hydrogens is 431 g/mol. The predicted molar refractivity (Wildman–Crippen MR) is 126 cm³/mol. The van der Waals surface area contributed by atoms with Crippen molar-refractivity contribution >= 4 is 34.8 Å². The quantitative estimate of drug-likeness (QED) is 0.453. The number of piperidine rings is 1. The molecule has 0 saturated carbocycles. The zero-order chi connectivity index (χ0) is 21.6. The summed E-state index contributed by atoms with van der Waals surface area (Å²) >= 11 is 12.1. The molecule has 1 fully saturated rings. The summed E-state index contributed by atoms with van der Waals surface area (Å²) in [5, 5.41) is 4.16. The van der Waals surface area contributed by atoms with Crippen LogP contribution in [0.1, 0.15) is 18.4 Å². The average Bonchev–Trinajstić information content (AvgIpc) is 2.78. The van der Waals surface area contributed by atoms with Crippen LogP contribution in [0.3, 0.4) is 0 Å². The number of halogens is 2. The standard InChI is InChI=1S/C25H24Cl2N2O2/c26-23-13-8-18(15-24(23)27)16-29-14-4-5-19(17-29)25(30)28-20-9-11-22(12-10-20)31-21-6-2-1-3-7-21/h1-3,6-13,15,19H,4-5,14,16-17H2,(H,28,30). The first-order valence-corrected chi connectivity index (χ1v) is 11.1. The van der Waals surface area contributed by atoms with E-state index < -0.39 is 0 Å². The van der Waals surface area contributed by atoms with Crippen molar-refractivity contribution in [2.75, 3.05) is 18.4 Å². The first-order chi connectivity index (χ1) is 15.1. The number of amides is 1. The van der Waals surface area contributed by atoms with Crippen LogP contribution in [-0.2, 0) is 11.3 Å². The Morgan fingerprint density at radius 2 is 1.71 bits per heavy atom. The van der Waals surface area contributed by atoms with Gasteiger partial charge in [0.25, 0.3) is 0 Å².